The van der Waals surface area contributed by atoms with E-state index in [9.17, 15) is 0 Å². The number of hydrogen-bond donors (Lipinski definition) is 0. The Morgan fingerprint density at radius 1 is 1.43 bits per heavy atom. The van der Waals surface area contributed by atoms with Gasteiger partial charge in [-0.25, -0.2) is 0 Å². The largest absolute Gasteiger partial charge is 0.503 e. The van der Waals surface area contributed by atoms with Gasteiger partial charge in [-0.2, -0.15) is 6.42 Å². The second-order valence-corrected chi connectivity index (χ2v) is 1.14. The molecule has 0 bridgehead atoms. The first-order valence-corrected chi connectivity index (χ1v) is 1.89. The van der Waals surface area contributed by atoms with Crippen LogP contribution in [0.3, 0.4) is 0 Å². The normalized spacial score (nSPS) is 14.9. The average molecular weight is 261 g/mol. The van der Waals surface area contributed by atoms with Gasteiger partial charge < -0.3 is 11.2 Å². The van der Waals surface area contributed by atoms with Crippen LogP contribution in [0, 0.1) is 0 Å². The summed E-state index contributed by atoms with van der Waals surface area (Å²) >= 11 is 0. The summed E-state index contributed by atoms with van der Waals surface area (Å²) in [5, 5.41) is 0. The fraction of sp³-hybridized carbons (Fsp3) is 0.750. The summed E-state index contributed by atoms with van der Waals surface area (Å²) in [5.41, 5.74) is 0. The van der Waals surface area contributed by atoms with E-state index in [-0.39, 0.29) is 43.5 Å². The van der Waals surface area contributed by atoms with Crippen molar-refractivity contribution in [3.05, 3.63) is 0 Å². The standard InChI is InChI=1S/C4H6N.HI.Zn/c1-2-4-5-3-1;;/h1-3H2;1H;/q-1;;. The van der Waals surface area contributed by atoms with Gasteiger partial charge in [0.25, 0.3) is 0 Å². The molecule has 0 aromatic heterocycles. The van der Waals surface area contributed by atoms with E-state index in [0.29, 0.717) is 0 Å². The number of rotatable bonds is 0. The molecule has 3 heteroatoms. The Morgan fingerprint density at radius 2 is 2.14 bits per heavy atom. The zero-order valence-electron chi connectivity index (χ0n) is 4.18. The molecule has 1 aliphatic heterocycles. The van der Waals surface area contributed by atoms with Crippen LogP contribution in [-0.4, -0.2) is 12.8 Å². The maximum atomic E-state index is 3.83. The molecule has 0 amide bonds. The molecule has 0 N–H and O–H groups in total. The first-order valence-electron chi connectivity index (χ1n) is 1.89. The van der Waals surface area contributed by atoms with Gasteiger partial charge >= 0.3 is 0 Å². The van der Waals surface area contributed by atoms with Gasteiger partial charge in [0.05, 0.1) is 0 Å². The Hall–Kier alpha value is 1.02. The predicted molar refractivity (Wildman–Crippen MR) is 37.0 cm³/mol. The van der Waals surface area contributed by atoms with Crippen LogP contribution >= 0.6 is 24.0 Å². The molecule has 1 aliphatic rings. The van der Waals surface area contributed by atoms with Gasteiger partial charge in [-0.05, 0) is 6.54 Å². The zero-order valence-corrected chi connectivity index (χ0v) is 9.48. The van der Waals surface area contributed by atoms with Crippen LogP contribution in [-0.2, 0) is 19.5 Å². The van der Waals surface area contributed by atoms with Gasteiger partial charge in [0.1, 0.15) is 0 Å². The summed E-state index contributed by atoms with van der Waals surface area (Å²) in [7, 11) is 0. The molecular weight excluding hydrogens is 254 g/mol. The minimum atomic E-state index is 0. The van der Waals surface area contributed by atoms with Crippen LogP contribution in [0.25, 0.3) is 0 Å². The van der Waals surface area contributed by atoms with Crippen LogP contribution in [0.15, 0.2) is 4.99 Å². The van der Waals surface area contributed by atoms with Crippen LogP contribution in [0.4, 0.5) is 0 Å². The Bertz CT molecular complexity index is 49.7. The van der Waals surface area contributed by atoms with Gasteiger partial charge in [0.15, 0.2) is 0 Å². The average Bonchev–Trinajstić information content (AvgIpc) is 1.76. The van der Waals surface area contributed by atoms with Gasteiger partial charge in [-0.1, -0.05) is 6.42 Å². The van der Waals surface area contributed by atoms with E-state index in [0.717, 1.165) is 13.0 Å². The van der Waals surface area contributed by atoms with E-state index >= 15 is 0 Å². The summed E-state index contributed by atoms with van der Waals surface area (Å²) in [6.45, 7) is 1.01. The number of hydrogen-bond acceptors (Lipinski definition) is 1. The molecule has 0 radical (unpaired) electrons. The molecule has 0 saturated carbocycles. The van der Waals surface area contributed by atoms with E-state index in [1.807, 2.05) is 0 Å². The molecule has 1 rings (SSSR count). The van der Waals surface area contributed by atoms with E-state index in [1.54, 1.807) is 0 Å². The molecule has 1 nitrogen and oxygen atoms in total. The third kappa shape index (κ3) is 4.88. The second-order valence-electron chi connectivity index (χ2n) is 1.14. The summed E-state index contributed by atoms with van der Waals surface area (Å²) in [5.74, 6) is 0. The van der Waals surface area contributed by atoms with Crippen molar-refractivity contribution >= 4 is 30.2 Å². The summed E-state index contributed by atoms with van der Waals surface area (Å²) in [6, 6.07) is 0. The van der Waals surface area contributed by atoms with Gasteiger partial charge in [0.2, 0.25) is 0 Å². The molecule has 0 aromatic rings. The Morgan fingerprint density at radius 3 is 2.29 bits per heavy atom. The molecule has 0 fully saturated rings. The van der Waals surface area contributed by atoms with Crippen LogP contribution in [0.2, 0.25) is 0 Å². The number of nitrogens with zero attached hydrogens (tertiary/aromatic N) is 1. The smallest absolute Gasteiger partial charge is 0 e. The maximum absolute atomic E-state index is 3.83. The van der Waals surface area contributed by atoms with E-state index < -0.39 is 0 Å². The number of halogens is 1. The fourth-order valence-electron chi connectivity index (χ4n) is 0.395. The molecular formula is C4H7INZn-. The predicted octanol–water partition coefficient (Wildman–Crippen LogP) is 1.34. The maximum Gasteiger partial charge on any atom is 0 e. The molecule has 1 heterocycles. The van der Waals surface area contributed by atoms with Crippen molar-refractivity contribution in [1.82, 2.24) is 0 Å². The van der Waals surface area contributed by atoms with Crippen molar-refractivity contribution in [3.63, 3.8) is 0 Å². The van der Waals surface area contributed by atoms with Crippen molar-refractivity contribution < 1.29 is 19.5 Å². The van der Waals surface area contributed by atoms with Crippen LogP contribution < -0.4 is 0 Å². The minimum Gasteiger partial charge on any atom is -0.503 e. The molecule has 7 heavy (non-hydrogen) atoms. The van der Waals surface area contributed by atoms with Gasteiger partial charge in [-0.15, -0.1) is 24.0 Å². The molecule has 0 unspecified atom stereocenters. The molecule has 0 aromatic carbocycles. The van der Waals surface area contributed by atoms with Gasteiger partial charge in [-0.3, -0.25) is 0 Å². The van der Waals surface area contributed by atoms with Gasteiger partial charge in [0, 0.05) is 19.5 Å². The molecule has 0 aliphatic carbocycles. The van der Waals surface area contributed by atoms with E-state index in [4.69, 9.17) is 0 Å². The van der Waals surface area contributed by atoms with Crippen molar-refractivity contribution in [3.8, 4) is 0 Å². The third-order valence-corrected chi connectivity index (χ3v) is 0.670. The Kier molecular flexibility index (Phi) is 10.9. The van der Waals surface area contributed by atoms with Crippen molar-refractivity contribution in [2.45, 2.75) is 12.8 Å². The monoisotopic (exact) mass is 260 g/mol. The Balaban J connectivity index is 0. The first kappa shape index (κ1) is 10.9. The SMILES string of the molecule is I.[C-]1=NCCC1.[Zn]. The summed E-state index contributed by atoms with van der Waals surface area (Å²) in [6.07, 6.45) is 5.15. The van der Waals surface area contributed by atoms with Crippen molar-refractivity contribution in [2.24, 2.45) is 4.99 Å². The number of aliphatic imine (C=N–C) groups is 1. The topological polar surface area (TPSA) is 12.4 Å². The molecule has 38 valence electrons. The van der Waals surface area contributed by atoms with Crippen molar-refractivity contribution in [1.29, 1.82) is 0 Å². The van der Waals surface area contributed by atoms with E-state index in [1.165, 1.54) is 6.42 Å². The summed E-state index contributed by atoms with van der Waals surface area (Å²) in [4.78, 5) is 3.83. The van der Waals surface area contributed by atoms with Crippen molar-refractivity contribution in [2.75, 3.05) is 6.54 Å². The van der Waals surface area contributed by atoms with Crippen LogP contribution in [0.1, 0.15) is 12.8 Å². The Labute approximate surface area is 73.8 Å². The van der Waals surface area contributed by atoms with E-state index in [2.05, 4.69) is 11.2 Å². The zero-order chi connectivity index (χ0) is 3.54. The minimum absolute atomic E-state index is 0. The molecule has 0 spiro atoms. The molecule has 0 saturated heterocycles. The third-order valence-electron chi connectivity index (χ3n) is 0.670. The second kappa shape index (κ2) is 7.02. The fourth-order valence-corrected chi connectivity index (χ4v) is 0.395. The summed E-state index contributed by atoms with van der Waals surface area (Å²) < 4.78 is 0. The molecule has 0 atom stereocenters. The quantitative estimate of drug-likeness (QED) is 0.354. The first-order chi connectivity index (χ1) is 2.50. The van der Waals surface area contributed by atoms with Crippen LogP contribution in [0.5, 0.6) is 0 Å².